The Labute approximate surface area is 111 Å². The summed E-state index contributed by atoms with van der Waals surface area (Å²) in [6.07, 6.45) is 3.22. The van der Waals surface area contributed by atoms with Gasteiger partial charge in [-0.05, 0) is 25.7 Å². The first-order chi connectivity index (χ1) is 8.70. The van der Waals surface area contributed by atoms with E-state index in [9.17, 15) is 4.79 Å². The van der Waals surface area contributed by atoms with Crippen molar-refractivity contribution in [3.05, 3.63) is 10.0 Å². The highest BCUT2D eigenvalue weighted by Gasteiger charge is 2.33. The first-order valence-corrected chi connectivity index (χ1v) is 7.32. The van der Waals surface area contributed by atoms with Crippen molar-refractivity contribution in [1.82, 2.24) is 20.4 Å². The van der Waals surface area contributed by atoms with Crippen molar-refractivity contribution in [2.45, 2.75) is 38.8 Å². The van der Waals surface area contributed by atoms with Crippen LogP contribution in [-0.2, 0) is 11.3 Å². The molecule has 2 heterocycles. The standard InChI is InChI=1S/C12H18N4OS/c1-8-14-15-11(18-8)5-13-10-4-12(17)16(7-10)6-9-2-3-9/h9-10,13H,2-7H2,1H3. The maximum absolute atomic E-state index is 11.8. The average molecular weight is 266 g/mol. The predicted molar refractivity (Wildman–Crippen MR) is 69.2 cm³/mol. The summed E-state index contributed by atoms with van der Waals surface area (Å²) in [7, 11) is 0. The summed E-state index contributed by atoms with van der Waals surface area (Å²) in [4.78, 5) is 13.8. The number of rotatable bonds is 5. The minimum Gasteiger partial charge on any atom is -0.341 e. The van der Waals surface area contributed by atoms with Gasteiger partial charge in [-0.15, -0.1) is 21.5 Å². The molecule has 1 saturated carbocycles. The van der Waals surface area contributed by atoms with Crippen LogP contribution in [0.25, 0.3) is 0 Å². The van der Waals surface area contributed by atoms with E-state index in [2.05, 4.69) is 15.5 Å². The topological polar surface area (TPSA) is 58.1 Å². The van der Waals surface area contributed by atoms with E-state index in [1.807, 2.05) is 11.8 Å². The fraction of sp³-hybridized carbons (Fsp3) is 0.750. The lowest BCUT2D eigenvalue weighted by molar-refractivity contribution is -0.127. The Morgan fingerprint density at radius 3 is 2.94 bits per heavy atom. The van der Waals surface area contributed by atoms with Crippen LogP contribution in [0, 0.1) is 12.8 Å². The lowest BCUT2D eigenvalue weighted by atomic mass is 10.2. The van der Waals surface area contributed by atoms with Gasteiger partial charge in [0.1, 0.15) is 10.0 Å². The number of hydrogen-bond acceptors (Lipinski definition) is 5. The lowest BCUT2D eigenvalue weighted by Crippen LogP contribution is -2.33. The second kappa shape index (κ2) is 4.93. The molecule has 5 nitrogen and oxygen atoms in total. The molecule has 1 amide bonds. The fourth-order valence-corrected chi connectivity index (χ4v) is 3.00. The van der Waals surface area contributed by atoms with Gasteiger partial charge in [-0.3, -0.25) is 4.79 Å². The summed E-state index contributed by atoms with van der Waals surface area (Å²) in [5, 5.41) is 13.5. The number of carbonyl (C=O) groups excluding carboxylic acids is 1. The van der Waals surface area contributed by atoms with Gasteiger partial charge in [-0.2, -0.15) is 0 Å². The van der Waals surface area contributed by atoms with Crippen molar-refractivity contribution in [2.24, 2.45) is 5.92 Å². The van der Waals surface area contributed by atoms with E-state index in [0.717, 1.165) is 35.6 Å². The molecule has 2 fully saturated rings. The Morgan fingerprint density at radius 1 is 1.44 bits per heavy atom. The maximum atomic E-state index is 11.8. The number of amides is 1. The van der Waals surface area contributed by atoms with Crippen LogP contribution in [0.5, 0.6) is 0 Å². The molecule has 1 aromatic heterocycles. The second-order valence-corrected chi connectivity index (χ2v) is 6.51. The molecular formula is C12H18N4OS. The van der Waals surface area contributed by atoms with Gasteiger partial charge in [0.2, 0.25) is 5.91 Å². The van der Waals surface area contributed by atoms with E-state index in [4.69, 9.17) is 0 Å². The van der Waals surface area contributed by atoms with Crippen LogP contribution < -0.4 is 5.32 Å². The number of nitrogens with zero attached hydrogens (tertiary/aromatic N) is 3. The van der Waals surface area contributed by atoms with Crippen LogP contribution in [0.3, 0.4) is 0 Å². The molecule has 0 spiro atoms. The molecule has 1 N–H and O–H groups in total. The van der Waals surface area contributed by atoms with Gasteiger partial charge in [-0.25, -0.2) is 0 Å². The third kappa shape index (κ3) is 2.87. The first-order valence-electron chi connectivity index (χ1n) is 6.51. The van der Waals surface area contributed by atoms with Gasteiger partial charge in [-0.1, -0.05) is 0 Å². The Kier molecular flexibility index (Phi) is 3.30. The predicted octanol–water partition coefficient (Wildman–Crippen LogP) is 0.947. The minimum atomic E-state index is 0.278. The minimum absolute atomic E-state index is 0.278. The van der Waals surface area contributed by atoms with Gasteiger partial charge in [0.15, 0.2) is 0 Å². The Bertz CT molecular complexity index is 443. The maximum Gasteiger partial charge on any atom is 0.224 e. The molecule has 1 atom stereocenters. The van der Waals surface area contributed by atoms with Crippen LogP contribution in [0.4, 0.5) is 0 Å². The van der Waals surface area contributed by atoms with Gasteiger partial charge in [0, 0.05) is 25.6 Å². The van der Waals surface area contributed by atoms with Crippen molar-refractivity contribution in [2.75, 3.05) is 13.1 Å². The number of nitrogens with one attached hydrogen (secondary N) is 1. The zero-order chi connectivity index (χ0) is 12.5. The summed E-state index contributed by atoms with van der Waals surface area (Å²) in [5.74, 6) is 1.08. The van der Waals surface area contributed by atoms with Crippen LogP contribution in [0.1, 0.15) is 29.3 Å². The summed E-state index contributed by atoms with van der Waals surface area (Å²) < 4.78 is 0. The van der Waals surface area contributed by atoms with Gasteiger partial charge in [0.05, 0.1) is 6.54 Å². The van der Waals surface area contributed by atoms with Crippen LogP contribution >= 0.6 is 11.3 Å². The highest BCUT2D eigenvalue weighted by molar-refractivity contribution is 7.11. The molecule has 1 aromatic rings. The van der Waals surface area contributed by atoms with Crippen molar-refractivity contribution in [1.29, 1.82) is 0 Å². The summed E-state index contributed by atoms with van der Waals surface area (Å²) in [6.45, 7) is 4.50. The molecule has 0 radical (unpaired) electrons. The first kappa shape index (κ1) is 12.0. The smallest absolute Gasteiger partial charge is 0.224 e. The highest BCUT2D eigenvalue weighted by atomic mass is 32.1. The molecule has 18 heavy (non-hydrogen) atoms. The summed E-state index contributed by atoms with van der Waals surface area (Å²) in [5.41, 5.74) is 0. The lowest BCUT2D eigenvalue weighted by Gasteiger charge is -2.16. The molecule has 2 aliphatic rings. The van der Waals surface area contributed by atoms with Gasteiger partial charge in [0.25, 0.3) is 0 Å². The molecule has 1 unspecified atom stereocenters. The number of aromatic nitrogens is 2. The van der Waals surface area contributed by atoms with Gasteiger partial charge < -0.3 is 10.2 Å². The molecule has 1 saturated heterocycles. The van der Waals surface area contributed by atoms with E-state index < -0.39 is 0 Å². The molecule has 3 rings (SSSR count). The molecular weight excluding hydrogens is 248 g/mol. The normalized spacial score (nSPS) is 23.9. The molecule has 1 aliphatic carbocycles. The zero-order valence-electron chi connectivity index (χ0n) is 10.6. The highest BCUT2D eigenvalue weighted by Crippen LogP contribution is 2.31. The van der Waals surface area contributed by atoms with E-state index in [1.165, 1.54) is 12.8 Å². The molecule has 0 bridgehead atoms. The molecule has 1 aliphatic heterocycles. The van der Waals surface area contributed by atoms with E-state index in [-0.39, 0.29) is 6.04 Å². The number of hydrogen-bond donors (Lipinski definition) is 1. The van der Waals surface area contributed by atoms with Crippen molar-refractivity contribution in [3.63, 3.8) is 0 Å². The van der Waals surface area contributed by atoms with Crippen LogP contribution in [-0.4, -0.2) is 40.1 Å². The van der Waals surface area contributed by atoms with E-state index in [0.29, 0.717) is 12.3 Å². The monoisotopic (exact) mass is 266 g/mol. The number of aryl methyl sites for hydroxylation is 1. The third-order valence-corrected chi connectivity index (χ3v) is 4.34. The van der Waals surface area contributed by atoms with E-state index in [1.54, 1.807) is 11.3 Å². The SMILES string of the molecule is Cc1nnc(CNC2CC(=O)N(CC3CC3)C2)s1. The second-order valence-electron chi connectivity index (χ2n) is 5.24. The Morgan fingerprint density at radius 2 is 2.28 bits per heavy atom. The average Bonchev–Trinajstić information content (AvgIpc) is 2.95. The molecule has 6 heteroatoms. The molecule has 98 valence electrons. The summed E-state index contributed by atoms with van der Waals surface area (Å²) >= 11 is 1.61. The Hall–Kier alpha value is -1.01. The number of carbonyl (C=O) groups is 1. The largest absolute Gasteiger partial charge is 0.341 e. The molecule has 0 aromatic carbocycles. The van der Waals surface area contributed by atoms with Crippen LogP contribution in [0.15, 0.2) is 0 Å². The van der Waals surface area contributed by atoms with Crippen molar-refractivity contribution in [3.8, 4) is 0 Å². The van der Waals surface area contributed by atoms with E-state index >= 15 is 0 Å². The van der Waals surface area contributed by atoms with Crippen LogP contribution in [0.2, 0.25) is 0 Å². The summed E-state index contributed by atoms with van der Waals surface area (Å²) in [6, 6.07) is 0.278. The van der Waals surface area contributed by atoms with Gasteiger partial charge >= 0.3 is 0 Å². The quantitative estimate of drug-likeness (QED) is 0.862. The third-order valence-electron chi connectivity index (χ3n) is 3.50. The van der Waals surface area contributed by atoms with Crippen molar-refractivity contribution < 1.29 is 4.79 Å². The van der Waals surface area contributed by atoms with Crippen molar-refractivity contribution >= 4 is 17.2 Å². The fourth-order valence-electron chi connectivity index (χ4n) is 2.34. The zero-order valence-corrected chi connectivity index (χ0v) is 11.4. The Balaban J connectivity index is 1.47. The number of likely N-dealkylation sites (tertiary alicyclic amines) is 1.